The molecular formula is C23H27N5O. The van der Waals surface area contributed by atoms with Crippen LogP contribution in [0.15, 0.2) is 49.7 Å². The molecule has 6 heteroatoms. The molecule has 0 saturated heterocycles. The minimum Gasteiger partial charge on any atom is -0.395 e. The molecule has 1 aliphatic rings. The second-order valence-corrected chi connectivity index (χ2v) is 7.59. The zero-order valence-corrected chi connectivity index (χ0v) is 16.9. The lowest BCUT2D eigenvalue weighted by atomic mass is 9.96. The number of aromatic nitrogens is 4. The van der Waals surface area contributed by atoms with Gasteiger partial charge < -0.3 is 5.11 Å². The van der Waals surface area contributed by atoms with Crippen LogP contribution in [0.4, 0.5) is 0 Å². The van der Waals surface area contributed by atoms with Crippen LogP contribution in [-0.2, 0) is 19.4 Å². The molecule has 0 atom stereocenters. The van der Waals surface area contributed by atoms with Crippen molar-refractivity contribution in [2.75, 3.05) is 19.7 Å². The van der Waals surface area contributed by atoms with Crippen molar-refractivity contribution in [3.63, 3.8) is 0 Å². The van der Waals surface area contributed by atoms with Gasteiger partial charge in [-0.2, -0.15) is 5.10 Å². The van der Waals surface area contributed by atoms with Crippen LogP contribution in [0.2, 0.25) is 0 Å². The molecule has 1 aromatic carbocycles. The molecule has 1 aliphatic carbocycles. The summed E-state index contributed by atoms with van der Waals surface area (Å²) in [5.74, 6) is 0.697. The number of aliphatic hydroxyl groups excluding tert-OH is 1. The Kier molecular flexibility index (Phi) is 5.83. The molecule has 3 aromatic rings. The summed E-state index contributed by atoms with van der Waals surface area (Å²) in [6, 6.07) is 4.47. The fraction of sp³-hybridized carbons (Fsp3) is 0.348. The predicted octanol–water partition coefficient (Wildman–Crippen LogP) is 2.97. The van der Waals surface area contributed by atoms with E-state index < -0.39 is 0 Å². The number of aliphatic hydroxyl groups is 1. The zero-order valence-electron chi connectivity index (χ0n) is 16.9. The van der Waals surface area contributed by atoms with E-state index in [-0.39, 0.29) is 6.61 Å². The van der Waals surface area contributed by atoms with Crippen molar-refractivity contribution in [2.24, 2.45) is 0 Å². The second kappa shape index (κ2) is 8.68. The van der Waals surface area contributed by atoms with Gasteiger partial charge in [0.1, 0.15) is 0 Å². The quantitative estimate of drug-likeness (QED) is 0.642. The summed E-state index contributed by atoms with van der Waals surface area (Å²) in [6.45, 7) is 8.81. The average Bonchev–Trinajstić information content (AvgIpc) is 3.35. The van der Waals surface area contributed by atoms with Crippen LogP contribution in [0.25, 0.3) is 11.4 Å². The van der Waals surface area contributed by atoms with Gasteiger partial charge in [-0.15, -0.1) is 0 Å². The third kappa shape index (κ3) is 4.28. The van der Waals surface area contributed by atoms with E-state index in [1.165, 1.54) is 27.8 Å². The summed E-state index contributed by atoms with van der Waals surface area (Å²) >= 11 is 0. The van der Waals surface area contributed by atoms with Crippen LogP contribution in [0.1, 0.15) is 34.2 Å². The van der Waals surface area contributed by atoms with Crippen molar-refractivity contribution in [2.45, 2.75) is 32.7 Å². The maximum absolute atomic E-state index is 9.52. The largest absolute Gasteiger partial charge is 0.395 e. The first-order valence-corrected chi connectivity index (χ1v) is 10.1. The fourth-order valence-corrected chi connectivity index (χ4v) is 4.06. The van der Waals surface area contributed by atoms with Gasteiger partial charge in [-0.05, 0) is 54.0 Å². The Morgan fingerprint density at radius 3 is 2.86 bits per heavy atom. The van der Waals surface area contributed by atoms with Gasteiger partial charge in [0.2, 0.25) is 0 Å². The van der Waals surface area contributed by atoms with Crippen LogP contribution in [0.3, 0.4) is 0 Å². The first-order valence-electron chi connectivity index (χ1n) is 10.1. The Hall–Kier alpha value is -2.83. The molecule has 150 valence electrons. The van der Waals surface area contributed by atoms with E-state index in [1.54, 1.807) is 23.3 Å². The van der Waals surface area contributed by atoms with Gasteiger partial charge in [-0.3, -0.25) is 9.88 Å². The van der Waals surface area contributed by atoms with Crippen LogP contribution >= 0.6 is 0 Å². The van der Waals surface area contributed by atoms with Gasteiger partial charge in [0.15, 0.2) is 5.82 Å². The highest BCUT2D eigenvalue weighted by Crippen LogP contribution is 2.34. The predicted molar refractivity (Wildman–Crippen MR) is 114 cm³/mol. The number of nitrogens with zero attached hydrogens (tertiary/aromatic N) is 5. The SMILES string of the molecule is C=C1CCc2c1ccc(CCN(CCO)Cc1cnn(-c3cnccn3)c1)c2C. The van der Waals surface area contributed by atoms with E-state index in [1.807, 2.05) is 12.4 Å². The van der Waals surface area contributed by atoms with Gasteiger partial charge >= 0.3 is 0 Å². The monoisotopic (exact) mass is 389 g/mol. The highest BCUT2D eigenvalue weighted by Gasteiger charge is 2.18. The molecule has 6 nitrogen and oxygen atoms in total. The molecule has 2 heterocycles. The summed E-state index contributed by atoms with van der Waals surface area (Å²) in [5, 5.41) is 13.9. The molecule has 0 fully saturated rings. The van der Waals surface area contributed by atoms with Crippen molar-refractivity contribution >= 4 is 5.57 Å². The minimum atomic E-state index is 0.140. The van der Waals surface area contributed by atoms with Crippen molar-refractivity contribution in [1.82, 2.24) is 24.6 Å². The van der Waals surface area contributed by atoms with Crippen LogP contribution < -0.4 is 0 Å². The van der Waals surface area contributed by atoms with E-state index in [0.29, 0.717) is 12.4 Å². The van der Waals surface area contributed by atoms with E-state index in [4.69, 9.17) is 0 Å². The zero-order chi connectivity index (χ0) is 20.2. The Morgan fingerprint density at radius 1 is 1.17 bits per heavy atom. The van der Waals surface area contributed by atoms with Gasteiger partial charge in [0.25, 0.3) is 0 Å². The molecule has 0 bridgehead atoms. The number of rotatable bonds is 8. The van der Waals surface area contributed by atoms with Gasteiger partial charge in [-0.1, -0.05) is 18.7 Å². The molecule has 0 amide bonds. The van der Waals surface area contributed by atoms with E-state index >= 15 is 0 Å². The summed E-state index contributed by atoms with van der Waals surface area (Å²) in [6.07, 6.45) is 12.0. The maximum atomic E-state index is 9.52. The van der Waals surface area contributed by atoms with Crippen molar-refractivity contribution in [1.29, 1.82) is 0 Å². The fourth-order valence-electron chi connectivity index (χ4n) is 4.06. The van der Waals surface area contributed by atoms with E-state index in [0.717, 1.165) is 37.9 Å². The number of allylic oxidation sites excluding steroid dienone is 1. The lowest BCUT2D eigenvalue weighted by molar-refractivity contribution is 0.191. The number of fused-ring (bicyclic) bond motifs is 1. The Labute approximate surface area is 171 Å². The lowest BCUT2D eigenvalue weighted by Crippen LogP contribution is -2.28. The number of hydrogen-bond donors (Lipinski definition) is 1. The first kappa shape index (κ1) is 19.5. The van der Waals surface area contributed by atoms with Crippen molar-refractivity contribution < 1.29 is 5.11 Å². The third-order valence-corrected chi connectivity index (χ3v) is 5.71. The number of hydrogen-bond acceptors (Lipinski definition) is 5. The summed E-state index contributed by atoms with van der Waals surface area (Å²) in [5.41, 5.74) is 7.95. The lowest BCUT2D eigenvalue weighted by Gasteiger charge is -2.21. The van der Waals surface area contributed by atoms with Crippen LogP contribution in [0, 0.1) is 6.92 Å². The van der Waals surface area contributed by atoms with Gasteiger partial charge in [-0.25, -0.2) is 9.67 Å². The van der Waals surface area contributed by atoms with Crippen LogP contribution in [-0.4, -0.2) is 49.5 Å². The van der Waals surface area contributed by atoms with Gasteiger partial charge in [0, 0.05) is 43.8 Å². The van der Waals surface area contributed by atoms with E-state index in [2.05, 4.69) is 45.6 Å². The Balaban J connectivity index is 1.43. The summed E-state index contributed by atoms with van der Waals surface area (Å²) in [7, 11) is 0. The van der Waals surface area contributed by atoms with Crippen LogP contribution in [0.5, 0.6) is 0 Å². The second-order valence-electron chi connectivity index (χ2n) is 7.59. The molecule has 0 unspecified atom stereocenters. The summed E-state index contributed by atoms with van der Waals surface area (Å²) < 4.78 is 1.73. The Morgan fingerprint density at radius 2 is 2.07 bits per heavy atom. The molecule has 0 radical (unpaired) electrons. The van der Waals surface area contributed by atoms with Gasteiger partial charge in [0.05, 0.1) is 19.0 Å². The minimum absolute atomic E-state index is 0.140. The topological polar surface area (TPSA) is 67.1 Å². The highest BCUT2D eigenvalue weighted by atomic mass is 16.3. The molecule has 2 aromatic heterocycles. The van der Waals surface area contributed by atoms with Crippen molar-refractivity contribution in [3.8, 4) is 5.82 Å². The normalized spacial score (nSPS) is 13.3. The number of benzene rings is 1. The molecule has 0 spiro atoms. The summed E-state index contributed by atoms with van der Waals surface area (Å²) in [4.78, 5) is 10.6. The molecule has 1 N–H and O–H groups in total. The van der Waals surface area contributed by atoms with Crippen molar-refractivity contribution in [3.05, 3.63) is 77.5 Å². The highest BCUT2D eigenvalue weighted by molar-refractivity contribution is 5.72. The first-order chi connectivity index (χ1) is 14.2. The molecular weight excluding hydrogens is 362 g/mol. The third-order valence-electron chi connectivity index (χ3n) is 5.71. The molecule has 29 heavy (non-hydrogen) atoms. The molecule has 0 saturated carbocycles. The Bertz CT molecular complexity index is 996. The standard InChI is InChI=1S/C23H27N5O/c1-17-3-5-22-18(2)20(4-6-21(17)22)7-10-27(11-12-29)15-19-13-26-28(16-19)23-14-24-8-9-25-23/h4,6,8-9,13-14,16,29H,1,3,5,7,10-12,15H2,2H3. The average molecular weight is 390 g/mol. The molecule has 0 aliphatic heterocycles. The maximum Gasteiger partial charge on any atom is 0.171 e. The smallest absolute Gasteiger partial charge is 0.171 e. The molecule has 4 rings (SSSR count). The van der Waals surface area contributed by atoms with E-state index in [9.17, 15) is 5.11 Å².